The monoisotopic (exact) mass is 127 g/mol. The van der Waals surface area contributed by atoms with Crippen molar-refractivity contribution in [1.29, 1.82) is 0 Å². The van der Waals surface area contributed by atoms with Gasteiger partial charge in [-0.15, -0.1) is 0 Å². The van der Waals surface area contributed by atoms with Gasteiger partial charge in [-0.2, -0.15) is 0 Å². The van der Waals surface area contributed by atoms with E-state index in [1.165, 1.54) is 6.42 Å². The quantitative estimate of drug-likeness (QED) is 0.524. The maximum absolute atomic E-state index is 9.59. The predicted octanol–water partition coefficient (Wildman–Crippen LogP) is 0.121. The van der Waals surface area contributed by atoms with Gasteiger partial charge in [0.15, 0.2) is 0 Å². The predicted molar refractivity (Wildman–Crippen MR) is 35.2 cm³/mol. The lowest BCUT2D eigenvalue weighted by Crippen LogP contribution is -2.23. The van der Waals surface area contributed by atoms with Crippen molar-refractivity contribution in [3.63, 3.8) is 0 Å². The van der Waals surface area contributed by atoms with Crippen LogP contribution in [0.3, 0.4) is 0 Å². The Balaban J connectivity index is 1.97. The average Bonchev–Trinajstić information content (AvgIpc) is 2.46. The van der Waals surface area contributed by atoms with Crippen molar-refractivity contribution in [2.45, 2.75) is 24.9 Å². The first-order chi connectivity index (χ1) is 4.31. The summed E-state index contributed by atoms with van der Waals surface area (Å²) >= 11 is 0. The molecule has 52 valence electrons. The van der Waals surface area contributed by atoms with Crippen LogP contribution < -0.4 is 5.32 Å². The van der Waals surface area contributed by atoms with Gasteiger partial charge in [-0.05, 0) is 25.8 Å². The molecule has 0 spiro atoms. The van der Waals surface area contributed by atoms with Crippen molar-refractivity contribution in [3.8, 4) is 0 Å². The van der Waals surface area contributed by atoms with E-state index >= 15 is 0 Å². The molecule has 0 unspecified atom stereocenters. The Bertz CT molecular complexity index is 114. The molecule has 0 amide bonds. The molecule has 2 aliphatic rings. The normalized spacial score (nSPS) is 39.0. The summed E-state index contributed by atoms with van der Waals surface area (Å²) in [6, 6.07) is 0. The van der Waals surface area contributed by atoms with E-state index in [0.29, 0.717) is 5.92 Å². The first-order valence-electron chi connectivity index (χ1n) is 3.74. The smallest absolute Gasteiger partial charge is 0.0690 e. The van der Waals surface area contributed by atoms with Crippen molar-refractivity contribution < 1.29 is 5.11 Å². The van der Waals surface area contributed by atoms with Crippen LogP contribution in [0, 0.1) is 5.92 Å². The highest BCUT2D eigenvalue weighted by molar-refractivity contribution is 5.01. The molecule has 2 fully saturated rings. The largest absolute Gasteiger partial charge is 0.390 e. The molecule has 0 bridgehead atoms. The molecule has 1 aliphatic heterocycles. The lowest BCUT2D eigenvalue weighted by molar-refractivity contribution is 0.0914. The third kappa shape index (κ3) is 0.864. The van der Waals surface area contributed by atoms with Gasteiger partial charge < -0.3 is 10.4 Å². The van der Waals surface area contributed by atoms with E-state index in [-0.39, 0.29) is 5.60 Å². The Morgan fingerprint density at radius 3 is 2.67 bits per heavy atom. The van der Waals surface area contributed by atoms with Crippen molar-refractivity contribution in [2.75, 3.05) is 13.1 Å². The number of nitrogens with one attached hydrogen (secondary N) is 1. The number of hydrogen-bond acceptors (Lipinski definition) is 2. The molecule has 2 nitrogen and oxygen atoms in total. The van der Waals surface area contributed by atoms with Gasteiger partial charge >= 0.3 is 0 Å². The number of rotatable bonds is 1. The maximum Gasteiger partial charge on any atom is 0.0690 e. The molecular weight excluding hydrogens is 114 g/mol. The lowest BCUT2D eigenvalue weighted by atomic mass is 10.00. The van der Waals surface area contributed by atoms with Crippen LogP contribution in [-0.4, -0.2) is 23.8 Å². The zero-order valence-electron chi connectivity index (χ0n) is 5.56. The van der Waals surface area contributed by atoms with Gasteiger partial charge in [-0.1, -0.05) is 0 Å². The summed E-state index contributed by atoms with van der Waals surface area (Å²) in [5.41, 5.74) is -0.233. The minimum Gasteiger partial charge on any atom is -0.390 e. The summed E-state index contributed by atoms with van der Waals surface area (Å²) in [5.74, 6) is 0.567. The van der Waals surface area contributed by atoms with E-state index in [1.54, 1.807) is 0 Å². The Morgan fingerprint density at radius 2 is 2.22 bits per heavy atom. The molecule has 9 heavy (non-hydrogen) atoms. The molecule has 0 aromatic heterocycles. The Morgan fingerprint density at radius 1 is 1.44 bits per heavy atom. The van der Waals surface area contributed by atoms with Crippen molar-refractivity contribution in [3.05, 3.63) is 0 Å². The van der Waals surface area contributed by atoms with Crippen LogP contribution >= 0.6 is 0 Å². The summed E-state index contributed by atoms with van der Waals surface area (Å²) in [6.07, 6.45) is 3.26. The fourth-order valence-corrected chi connectivity index (χ4v) is 1.65. The minimum absolute atomic E-state index is 0.233. The average molecular weight is 127 g/mol. The Hall–Kier alpha value is -0.0800. The van der Waals surface area contributed by atoms with Gasteiger partial charge in [0.1, 0.15) is 0 Å². The molecule has 1 heterocycles. The lowest BCUT2D eigenvalue weighted by Gasteiger charge is -2.13. The summed E-state index contributed by atoms with van der Waals surface area (Å²) in [6.45, 7) is 2.14. The highest BCUT2D eigenvalue weighted by Gasteiger charge is 2.48. The van der Waals surface area contributed by atoms with E-state index in [1.807, 2.05) is 0 Å². The summed E-state index contributed by atoms with van der Waals surface area (Å²) in [5, 5.41) is 12.8. The topological polar surface area (TPSA) is 32.3 Å². The van der Waals surface area contributed by atoms with Gasteiger partial charge in [-0.25, -0.2) is 0 Å². The van der Waals surface area contributed by atoms with E-state index in [2.05, 4.69) is 5.32 Å². The van der Waals surface area contributed by atoms with E-state index in [9.17, 15) is 5.11 Å². The minimum atomic E-state index is -0.233. The molecule has 2 heteroatoms. The van der Waals surface area contributed by atoms with Crippen LogP contribution in [0.4, 0.5) is 0 Å². The van der Waals surface area contributed by atoms with Crippen molar-refractivity contribution in [2.24, 2.45) is 5.92 Å². The SMILES string of the molecule is OC1([C@H]2CCNC2)CC1. The van der Waals surface area contributed by atoms with Crippen LogP contribution in [0.25, 0.3) is 0 Å². The van der Waals surface area contributed by atoms with E-state index in [4.69, 9.17) is 0 Å². The molecule has 1 saturated heterocycles. The zero-order valence-corrected chi connectivity index (χ0v) is 5.56. The first kappa shape index (κ1) is 5.69. The zero-order chi connectivity index (χ0) is 6.32. The fourth-order valence-electron chi connectivity index (χ4n) is 1.65. The molecule has 1 atom stereocenters. The highest BCUT2D eigenvalue weighted by atomic mass is 16.3. The third-order valence-electron chi connectivity index (χ3n) is 2.58. The van der Waals surface area contributed by atoms with E-state index < -0.39 is 0 Å². The summed E-state index contributed by atoms with van der Waals surface area (Å²) in [7, 11) is 0. The van der Waals surface area contributed by atoms with Gasteiger partial charge in [0, 0.05) is 12.5 Å². The van der Waals surface area contributed by atoms with E-state index in [0.717, 1.165) is 25.9 Å². The standard InChI is InChI=1S/C7H13NO/c9-7(2-3-7)6-1-4-8-5-6/h6,8-9H,1-5H2/t6-/m0/s1. The number of aliphatic hydroxyl groups is 1. The second-order valence-electron chi connectivity index (χ2n) is 3.29. The molecule has 1 saturated carbocycles. The third-order valence-corrected chi connectivity index (χ3v) is 2.58. The molecule has 2 N–H and O–H groups in total. The highest BCUT2D eigenvalue weighted by Crippen LogP contribution is 2.44. The molecular formula is C7H13NO. The van der Waals surface area contributed by atoms with Crippen LogP contribution in [-0.2, 0) is 0 Å². The van der Waals surface area contributed by atoms with Crippen LogP contribution in [0.1, 0.15) is 19.3 Å². The molecule has 0 aromatic carbocycles. The summed E-state index contributed by atoms with van der Waals surface area (Å²) in [4.78, 5) is 0. The molecule has 2 rings (SSSR count). The van der Waals surface area contributed by atoms with Crippen LogP contribution in [0.2, 0.25) is 0 Å². The second-order valence-corrected chi connectivity index (χ2v) is 3.29. The van der Waals surface area contributed by atoms with Crippen LogP contribution in [0.15, 0.2) is 0 Å². The van der Waals surface area contributed by atoms with Gasteiger partial charge in [0.05, 0.1) is 5.60 Å². The molecule has 1 aliphatic carbocycles. The molecule has 0 aromatic rings. The van der Waals surface area contributed by atoms with Crippen molar-refractivity contribution >= 4 is 0 Å². The molecule has 0 radical (unpaired) electrons. The Kier molecular flexibility index (Phi) is 1.08. The van der Waals surface area contributed by atoms with Gasteiger partial charge in [0.25, 0.3) is 0 Å². The first-order valence-corrected chi connectivity index (χ1v) is 3.74. The van der Waals surface area contributed by atoms with Crippen LogP contribution in [0.5, 0.6) is 0 Å². The van der Waals surface area contributed by atoms with Gasteiger partial charge in [0.2, 0.25) is 0 Å². The Labute approximate surface area is 55.3 Å². The van der Waals surface area contributed by atoms with Gasteiger partial charge in [-0.3, -0.25) is 0 Å². The fraction of sp³-hybridized carbons (Fsp3) is 1.00. The number of hydrogen-bond donors (Lipinski definition) is 2. The maximum atomic E-state index is 9.59. The van der Waals surface area contributed by atoms with Crippen molar-refractivity contribution in [1.82, 2.24) is 5.32 Å². The summed E-state index contributed by atoms with van der Waals surface area (Å²) < 4.78 is 0. The second kappa shape index (κ2) is 1.70.